The monoisotopic (exact) mass is 280 g/mol. The third-order valence-corrected chi connectivity index (χ3v) is 1.93. The molecular weight excluding hydrogens is 275 g/mol. The van der Waals surface area contributed by atoms with Crippen molar-refractivity contribution in [3.63, 3.8) is 0 Å². The van der Waals surface area contributed by atoms with Gasteiger partial charge in [-0.25, -0.2) is 4.39 Å². The van der Waals surface area contributed by atoms with Crippen molar-refractivity contribution < 1.29 is 4.39 Å². The number of benzene rings is 1. The van der Waals surface area contributed by atoms with E-state index in [9.17, 15) is 4.39 Å². The van der Waals surface area contributed by atoms with Gasteiger partial charge in [-0.2, -0.15) is 0 Å². The first-order valence-electron chi connectivity index (χ1n) is 3.21. The SMILES string of the molecule is Fc1cccc(CC(Br)Br)c1. The number of rotatable bonds is 2. The summed E-state index contributed by atoms with van der Waals surface area (Å²) in [5.74, 6) is -0.178. The minimum absolute atomic E-state index is 0.178. The van der Waals surface area contributed by atoms with Gasteiger partial charge in [0.05, 0.1) is 3.74 Å². The summed E-state index contributed by atoms with van der Waals surface area (Å²) in [4.78, 5) is 0. The summed E-state index contributed by atoms with van der Waals surface area (Å²) in [6, 6.07) is 6.60. The fraction of sp³-hybridized carbons (Fsp3) is 0.250. The van der Waals surface area contributed by atoms with Gasteiger partial charge in [-0.05, 0) is 24.1 Å². The fourth-order valence-electron chi connectivity index (χ4n) is 0.842. The molecular formula is C8H7Br2F. The van der Waals surface area contributed by atoms with E-state index in [0.717, 1.165) is 12.0 Å². The Hall–Kier alpha value is 0.110. The molecule has 0 spiro atoms. The van der Waals surface area contributed by atoms with Crippen molar-refractivity contribution in [3.05, 3.63) is 35.6 Å². The Morgan fingerprint density at radius 2 is 2.09 bits per heavy atom. The second-order valence-corrected chi connectivity index (χ2v) is 5.66. The second-order valence-electron chi connectivity index (χ2n) is 2.23. The van der Waals surface area contributed by atoms with Crippen LogP contribution in [-0.2, 0) is 6.42 Å². The Kier molecular flexibility index (Phi) is 3.52. The molecule has 11 heavy (non-hydrogen) atoms. The predicted octanol–water partition coefficient (Wildman–Crippen LogP) is 3.48. The molecule has 0 aliphatic heterocycles. The van der Waals surface area contributed by atoms with Gasteiger partial charge < -0.3 is 0 Å². The highest BCUT2D eigenvalue weighted by Crippen LogP contribution is 2.15. The van der Waals surface area contributed by atoms with Crippen LogP contribution in [0.5, 0.6) is 0 Å². The van der Waals surface area contributed by atoms with Gasteiger partial charge in [-0.1, -0.05) is 44.0 Å². The lowest BCUT2D eigenvalue weighted by atomic mass is 10.2. The van der Waals surface area contributed by atoms with Gasteiger partial charge in [0.15, 0.2) is 0 Å². The molecule has 3 heteroatoms. The standard InChI is InChI=1S/C8H7Br2F/c9-8(10)5-6-2-1-3-7(11)4-6/h1-4,8H,5H2. The van der Waals surface area contributed by atoms with Crippen LogP contribution in [0, 0.1) is 5.82 Å². The third kappa shape index (κ3) is 3.34. The molecule has 0 radical (unpaired) electrons. The van der Waals surface area contributed by atoms with Crippen LogP contribution in [0.2, 0.25) is 0 Å². The summed E-state index contributed by atoms with van der Waals surface area (Å²) in [5, 5.41) is 0. The maximum Gasteiger partial charge on any atom is 0.123 e. The van der Waals surface area contributed by atoms with Gasteiger partial charge in [-0.15, -0.1) is 0 Å². The Bertz CT molecular complexity index is 235. The molecule has 0 heterocycles. The van der Waals surface area contributed by atoms with Crippen LogP contribution >= 0.6 is 31.9 Å². The van der Waals surface area contributed by atoms with E-state index in [2.05, 4.69) is 31.9 Å². The summed E-state index contributed by atoms with van der Waals surface area (Å²) >= 11 is 6.66. The molecule has 0 amide bonds. The summed E-state index contributed by atoms with van der Waals surface area (Å²) < 4.78 is 12.8. The van der Waals surface area contributed by atoms with Crippen molar-refractivity contribution in [1.29, 1.82) is 0 Å². The lowest BCUT2D eigenvalue weighted by Crippen LogP contribution is -1.92. The van der Waals surface area contributed by atoms with Crippen LogP contribution in [0.15, 0.2) is 24.3 Å². The average Bonchev–Trinajstić information content (AvgIpc) is 1.85. The highest BCUT2D eigenvalue weighted by molar-refractivity contribution is 9.24. The van der Waals surface area contributed by atoms with Crippen molar-refractivity contribution in [1.82, 2.24) is 0 Å². The zero-order valence-corrected chi connectivity index (χ0v) is 8.90. The molecule has 0 aliphatic carbocycles. The molecule has 0 atom stereocenters. The van der Waals surface area contributed by atoms with Crippen LogP contribution in [0.4, 0.5) is 4.39 Å². The maximum absolute atomic E-state index is 12.6. The van der Waals surface area contributed by atoms with Crippen molar-refractivity contribution in [2.45, 2.75) is 10.2 Å². The summed E-state index contributed by atoms with van der Waals surface area (Å²) in [7, 11) is 0. The van der Waals surface area contributed by atoms with E-state index in [0.29, 0.717) is 0 Å². The van der Waals surface area contributed by atoms with E-state index in [1.807, 2.05) is 6.07 Å². The van der Waals surface area contributed by atoms with Crippen LogP contribution < -0.4 is 0 Å². The molecule has 0 bridgehead atoms. The quantitative estimate of drug-likeness (QED) is 0.728. The number of hydrogen-bond donors (Lipinski definition) is 0. The van der Waals surface area contributed by atoms with Crippen molar-refractivity contribution >= 4 is 31.9 Å². The Labute approximate surface area is 82.1 Å². The Morgan fingerprint density at radius 1 is 1.36 bits per heavy atom. The number of halogens is 3. The zero-order chi connectivity index (χ0) is 8.27. The predicted molar refractivity (Wildman–Crippen MR) is 51.7 cm³/mol. The molecule has 0 N–H and O–H groups in total. The Morgan fingerprint density at radius 3 is 2.64 bits per heavy atom. The molecule has 0 aliphatic rings. The van der Waals surface area contributed by atoms with Crippen LogP contribution in [0.25, 0.3) is 0 Å². The van der Waals surface area contributed by atoms with E-state index in [1.165, 1.54) is 12.1 Å². The number of hydrogen-bond acceptors (Lipinski definition) is 0. The molecule has 0 saturated carbocycles. The third-order valence-electron chi connectivity index (χ3n) is 1.28. The van der Waals surface area contributed by atoms with Crippen LogP contribution in [0.1, 0.15) is 5.56 Å². The largest absolute Gasteiger partial charge is 0.207 e. The van der Waals surface area contributed by atoms with Gasteiger partial charge in [-0.3, -0.25) is 0 Å². The molecule has 0 unspecified atom stereocenters. The first-order chi connectivity index (χ1) is 5.18. The van der Waals surface area contributed by atoms with Crippen LogP contribution in [-0.4, -0.2) is 3.74 Å². The van der Waals surface area contributed by atoms with Gasteiger partial charge in [0.2, 0.25) is 0 Å². The van der Waals surface area contributed by atoms with E-state index in [-0.39, 0.29) is 9.55 Å². The second kappa shape index (κ2) is 4.21. The van der Waals surface area contributed by atoms with E-state index >= 15 is 0 Å². The minimum Gasteiger partial charge on any atom is -0.207 e. The minimum atomic E-state index is -0.178. The molecule has 60 valence electrons. The maximum atomic E-state index is 12.6. The van der Waals surface area contributed by atoms with Gasteiger partial charge in [0.25, 0.3) is 0 Å². The van der Waals surface area contributed by atoms with Crippen molar-refractivity contribution in [2.24, 2.45) is 0 Å². The van der Waals surface area contributed by atoms with Crippen molar-refractivity contribution in [3.8, 4) is 0 Å². The lowest BCUT2D eigenvalue weighted by Gasteiger charge is -2.00. The summed E-state index contributed by atoms with van der Waals surface area (Å²) in [5.41, 5.74) is 0.990. The summed E-state index contributed by atoms with van der Waals surface area (Å²) in [6.07, 6.45) is 0.789. The number of alkyl halides is 2. The highest BCUT2D eigenvalue weighted by Gasteiger charge is 2.00. The molecule has 0 nitrogen and oxygen atoms in total. The van der Waals surface area contributed by atoms with E-state index < -0.39 is 0 Å². The molecule has 0 fully saturated rings. The van der Waals surface area contributed by atoms with Gasteiger partial charge in [0.1, 0.15) is 5.82 Å². The first kappa shape index (κ1) is 9.20. The molecule has 0 aromatic heterocycles. The summed E-state index contributed by atoms with van der Waals surface area (Å²) in [6.45, 7) is 0. The average molecular weight is 282 g/mol. The van der Waals surface area contributed by atoms with Crippen LogP contribution in [0.3, 0.4) is 0 Å². The smallest absolute Gasteiger partial charge is 0.123 e. The lowest BCUT2D eigenvalue weighted by molar-refractivity contribution is 0.625. The normalized spacial score (nSPS) is 10.5. The Balaban J connectivity index is 2.71. The molecule has 0 saturated heterocycles. The first-order valence-corrected chi connectivity index (χ1v) is 5.04. The van der Waals surface area contributed by atoms with E-state index in [1.54, 1.807) is 6.07 Å². The van der Waals surface area contributed by atoms with Gasteiger partial charge in [0, 0.05) is 0 Å². The topological polar surface area (TPSA) is 0 Å². The molecule has 1 rings (SSSR count). The zero-order valence-electron chi connectivity index (χ0n) is 5.73. The fourth-order valence-corrected chi connectivity index (χ4v) is 1.59. The van der Waals surface area contributed by atoms with E-state index in [4.69, 9.17) is 0 Å². The highest BCUT2D eigenvalue weighted by atomic mass is 79.9. The van der Waals surface area contributed by atoms with Crippen molar-refractivity contribution in [2.75, 3.05) is 0 Å². The molecule has 1 aromatic carbocycles. The molecule has 1 aromatic rings. The van der Waals surface area contributed by atoms with Gasteiger partial charge >= 0.3 is 0 Å².